The van der Waals surface area contributed by atoms with Gasteiger partial charge in [0.05, 0.1) is 40.3 Å². The molecule has 1 saturated heterocycles. The second-order valence-electron chi connectivity index (χ2n) is 7.80. The second-order valence-corrected chi connectivity index (χ2v) is 10.5. The van der Waals surface area contributed by atoms with E-state index >= 15 is 0 Å². The lowest BCUT2D eigenvalue weighted by Crippen LogP contribution is -3.00. The molecule has 10 nitrogen and oxygen atoms in total. The van der Waals surface area contributed by atoms with Crippen LogP contribution in [0.3, 0.4) is 0 Å². The Morgan fingerprint density at radius 3 is 2.56 bits per heavy atom. The summed E-state index contributed by atoms with van der Waals surface area (Å²) in [6, 6.07) is 14.9. The molecule has 1 aromatic heterocycles. The Balaban J connectivity index is 0.00000361. The molecule has 3 aromatic rings. The molecule has 0 spiro atoms. The Morgan fingerprint density at radius 2 is 1.86 bits per heavy atom. The highest BCUT2D eigenvalue weighted by Crippen LogP contribution is 2.26. The number of nitro benzene ring substituents is 1. The van der Waals surface area contributed by atoms with Crippen LogP contribution in [-0.2, 0) is 14.8 Å². The Morgan fingerprint density at radius 1 is 1.11 bits per heavy atom. The van der Waals surface area contributed by atoms with Gasteiger partial charge in [0.15, 0.2) is 0 Å². The molecule has 1 unspecified atom stereocenters. The minimum Gasteiger partial charge on any atom is -1.00 e. The first-order chi connectivity index (χ1) is 16.8. The molecule has 0 radical (unpaired) electrons. The molecule has 1 fully saturated rings. The predicted molar refractivity (Wildman–Crippen MR) is 132 cm³/mol. The number of carbonyl (C=O) groups excluding carboxylic acids is 1. The zero-order valence-electron chi connectivity index (χ0n) is 19.0. The van der Waals surface area contributed by atoms with Gasteiger partial charge in [-0.1, -0.05) is 24.3 Å². The summed E-state index contributed by atoms with van der Waals surface area (Å²) in [5.74, 6) is -0.433. The summed E-state index contributed by atoms with van der Waals surface area (Å²) in [6.07, 6.45) is 0. The molecule has 4 rings (SSSR count). The number of nitrogens with one attached hydrogen (secondary N) is 2. The van der Waals surface area contributed by atoms with Gasteiger partial charge in [0.1, 0.15) is 0 Å². The number of thiophene rings is 1. The number of halogens is 1. The number of carbonyl (C=O) groups is 1. The van der Waals surface area contributed by atoms with E-state index in [1.807, 2.05) is 17.5 Å². The minimum absolute atomic E-state index is 0. The zero-order chi connectivity index (χ0) is 24.8. The van der Waals surface area contributed by atoms with Crippen LogP contribution < -0.4 is 22.4 Å². The molecule has 2 N–H and O–H groups in total. The average molecular weight is 552 g/mol. The van der Waals surface area contributed by atoms with Gasteiger partial charge in [-0.2, -0.15) is 0 Å². The highest BCUT2D eigenvalue weighted by atomic mass is 35.5. The zero-order valence-corrected chi connectivity index (χ0v) is 21.4. The van der Waals surface area contributed by atoms with Crippen LogP contribution in [0.5, 0.6) is 0 Å². The first kappa shape index (κ1) is 27.6. The largest absolute Gasteiger partial charge is 1.00 e. The van der Waals surface area contributed by atoms with Crippen LogP contribution in [-0.4, -0.2) is 57.0 Å². The molecule has 36 heavy (non-hydrogen) atoms. The van der Waals surface area contributed by atoms with Gasteiger partial charge in [-0.25, -0.2) is 8.42 Å². The van der Waals surface area contributed by atoms with Crippen molar-refractivity contribution in [3.05, 3.63) is 86.6 Å². The Kier molecular flexibility index (Phi) is 9.40. The monoisotopic (exact) mass is 551 g/mol. The number of nitrogens with zero attached hydrogens (tertiary/aromatic N) is 2. The van der Waals surface area contributed by atoms with Crippen molar-refractivity contribution in [1.29, 1.82) is 0 Å². The van der Waals surface area contributed by atoms with Gasteiger partial charge >= 0.3 is 0 Å². The number of anilines is 1. The summed E-state index contributed by atoms with van der Waals surface area (Å²) in [5, 5.41) is 16.0. The maximum absolute atomic E-state index is 13.1. The van der Waals surface area contributed by atoms with Crippen LogP contribution in [0.4, 0.5) is 11.4 Å². The molecule has 1 atom stereocenters. The molecule has 2 heterocycles. The molecular weight excluding hydrogens is 528 g/mol. The normalized spacial score (nSPS) is 14.9. The van der Waals surface area contributed by atoms with Gasteiger partial charge in [0.2, 0.25) is 0 Å². The molecule has 0 saturated carbocycles. The molecular formula is C23H24ClN4O6S2-. The summed E-state index contributed by atoms with van der Waals surface area (Å²) in [4.78, 5) is 26.6. The number of hydrogen-bond acceptors (Lipinski definition) is 8. The van der Waals surface area contributed by atoms with E-state index in [9.17, 15) is 23.3 Å². The summed E-state index contributed by atoms with van der Waals surface area (Å²) in [6.45, 7) is 3.08. The Hall–Kier alpha value is -3.03. The van der Waals surface area contributed by atoms with Gasteiger partial charge in [0, 0.05) is 36.6 Å². The fourth-order valence-corrected chi connectivity index (χ4v) is 5.78. The number of rotatable bonds is 9. The standard InChI is InChI=1S/C23H24N4O6S2.ClH/c28-23(24-16-21(22-9-4-14-34-22)26-10-12-33-13-11-26)19-7-1-2-8-20(19)25-35(31,32)18-6-3-5-17(15-18)27(29)30;/h1-9,14-15,21,25H,10-13,16H2,(H,24,28);1H/p-1. The van der Waals surface area contributed by atoms with E-state index in [4.69, 9.17) is 4.74 Å². The summed E-state index contributed by atoms with van der Waals surface area (Å²) in [7, 11) is -4.16. The average Bonchev–Trinajstić information content (AvgIpc) is 3.39. The fraction of sp³-hybridized carbons (Fsp3) is 0.261. The van der Waals surface area contributed by atoms with Crippen LogP contribution in [0.1, 0.15) is 21.3 Å². The quantitative estimate of drug-likeness (QED) is 0.288. The number of non-ortho nitro benzene ring substituents is 1. The summed E-state index contributed by atoms with van der Waals surface area (Å²) < 4.78 is 33.6. The Bertz CT molecular complexity index is 1300. The van der Waals surface area contributed by atoms with E-state index in [0.717, 1.165) is 24.0 Å². The number of ether oxygens (including phenoxy) is 1. The Labute approximate surface area is 218 Å². The maximum Gasteiger partial charge on any atom is 0.270 e. The van der Waals surface area contributed by atoms with Gasteiger partial charge in [-0.3, -0.25) is 24.5 Å². The molecule has 13 heteroatoms. The van der Waals surface area contributed by atoms with Gasteiger partial charge in [-0.05, 0) is 29.6 Å². The van der Waals surface area contributed by atoms with E-state index in [-0.39, 0.29) is 40.3 Å². The van der Waals surface area contributed by atoms with Gasteiger partial charge < -0.3 is 22.5 Å². The van der Waals surface area contributed by atoms with E-state index in [2.05, 4.69) is 14.9 Å². The van der Waals surface area contributed by atoms with E-state index in [0.29, 0.717) is 19.8 Å². The topological polar surface area (TPSA) is 131 Å². The predicted octanol–water partition coefficient (Wildman–Crippen LogP) is 0.264. The fourth-order valence-electron chi connectivity index (χ4n) is 3.80. The lowest BCUT2D eigenvalue weighted by molar-refractivity contribution is -0.385. The lowest BCUT2D eigenvalue weighted by Gasteiger charge is -2.34. The molecule has 1 aliphatic heterocycles. The van der Waals surface area contributed by atoms with Gasteiger partial charge in [-0.15, -0.1) is 11.3 Å². The molecule has 0 bridgehead atoms. The highest BCUT2D eigenvalue weighted by molar-refractivity contribution is 7.92. The van der Waals surface area contributed by atoms with Crippen LogP contribution >= 0.6 is 11.3 Å². The van der Waals surface area contributed by atoms with Crippen LogP contribution in [0.15, 0.2) is 70.9 Å². The van der Waals surface area contributed by atoms with E-state index in [1.165, 1.54) is 30.3 Å². The van der Waals surface area contributed by atoms with E-state index in [1.54, 1.807) is 23.5 Å². The van der Waals surface area contributed by atoms with Crippen LogP contribution in [0, 0.1) is 10.1 Å². The third-order valence-electron chi connectivity index (χ3n) is 5.57. The van der Waals surface area contributed by atoms with Gasteiger partial charge in [0.25, 0.3) is 21.6 Å². The van der Waals surface area contributed by atoms with Crippen molar-refractivity contribution in [2.45, 2.75) is 10.9 Å². The number of para-hydroxylation sites is 1. The first-order valence-corrected chi connectivity index (χ1v) is 13.2. The number of morpholine rings is 1. The van der Waals surface area contributed by atoms with Crippen molar-refractivity contribution in [2.24, 2.45) is 0 Å². The SMILES string of the molecule is O=C(NCC(c1cccs1)N1CCOCC1)c1ccccc1NS(=O)(=O)c1cccc([N+](=O)[O-])c1.[Cl-]. The molecule has 1 aliphatic rings. The van der Waals surface area contributed by atoms with Crippen molar-refractivity contribution >= 4 is 38.6 Å². The second kappa shape index (κ2) is 12.3. The molecule has 1 amide bonds. The molecule has 192 valence electrons. The highest BCUT2D eigenvalue weighted by Gasteiger charge is 2.25. The van der Waals surface area contributed by atoms with E-state index < -0.39 is 20.9 Å². The summed E-state index contributed by atoms with van der Waals surface area (Å²) in [5.41, 5.74) is -0.120. The third-order valence-corrected chi connectivity index (χ3v) is 7.91. The van der Waals surface area contributed by atoms with Crippen LogP contribution in [0.2, 0.25) is 0 Å². The minimum atomic E-state index is -4.16. The van der Waals surface area contributed by atoms with Crippen molar-refractivity contribution < 1.29 is 35.3 Å². The van der Waals surface area contributed by atoms with Crippen molar-refractivity contribution in [3.8, 4) is 0 Å². The maximum atomic E-state index is 13.1. The molecule has 0 aliphatic carbocycles. The number of sulfonamides is 1. The number of benzene rings is 2. The third kappa shape index (κ3) is 6.59. The first-order valence-electron chi connectivity index (χ1n) is 10.8. The van der Waals surface area contributed by atoms with Crippen molar-refractivity contribution in [3.63, 3.8) is 0 Å². The smallest absolute Gasteiger partial charge is 0.270 e. The van der Waals surface area contributed by atoms with Crippen molar-refractivity contribution in [2.75, 3.05) is 37.6 Å². The number of amides is 1. The lowest BCUT2D eigenvalue weighted by atomic mass is 10.1. The summed E-state index contributed by atoms with van der Waals surface area (Å²) >= 11 is 1.61. The number of nitro groups is 1. The van der Waals surface area contributed by atoms with Crippen LogP contribution in [0.25, 0.3) is 0 Å². The molecule has 2 aromatic carbocycles. The number of hydrogen-bond donors (Lipinski definition) is 2. The van der Waals surface area contributed by atoms with Crippen molar-refractivity contribution in [1.82, 2.24) is 10.2 Å².